The number of benzene rings is 1. The molecule has 0 bridgehead atoms. The highest BCUT2D eigenvalue weighted by molar-refractivity contribution is 5.93. The van der Waals surface area contributed by atoms with E-state index in [0.717, 1.165) is 24.4 Å². The number of hydrogen-bond acceptors (Lipinski definition) is 5. The van der Waals surface area contributed by atoms with Crippen molar-refractivity contribution < 1.29 is 9.53 Å². The summed E-state index contributed by atoms with van der Waals surface area (Å²) in [4.78, 5) is 35.0. The second-order valence-electron chi connectivity index (χ2n) is 5.81. The summed E-state index contributed by atoms with van der Waals surface area (Å²) in [5, 5.41) is 0. The number of carbonyl (C=O) groups excluding carboxylic acids is 1. The fraction of sp³-hybridized carbons (Fsp3) is 0.353. The van der Waals surface area contributed by atoms with Crippen LogP contribution in [0.15, 0.2) is 35.1 Å². The maximum absolute atomic E-state index is 12.6. The second kappa shape index (κ2) is 6.84. The fourth-order valence-electron chi connectivity index (χ4n) is 2.66. The minimum atomic E-state index is -0.527. The number of nitrogens with zero attached hydrogens (tertiary/aromatic N) is 3. The lowest BCUT2D eigenvalue weighted by Crippen LogP contribution is -2.47. The van der Waals surface area contributed by atoms with Gasteiger partial charge in [0.25, 0.3) is 5.91 Å². The van der Waals surface area contributed by atoms with Crippen LogP contribution in [0, 0.1) is 0 Å². The van der Waals surface area contributed by atoms with Gasteiger partial charge in [-0.3, -0.25) is 4.79 Å². The third-order valence-corrected chi connectivity index (χ3v) is 4.15. The molecule has 0 saturated carbocycles. The minimum Gasteiger partial charge on any atom is -0.497 e. The lowest BCUT2D eigenvalue weighted by Gasteiger charge is -2.32. The Morgan fingerprint density at radius 2 is 1.83 bits per heavy atom. The number of carbonyl (C=O) groups is 1. The number of piperazine rings is 1. The fourth-order valence-corrected chi connectivity index (χ4v) is 2.66. The van der Waals surface area contributed by atoms with Crippen LogP contribution >= 0.6 is 0 Å². The van der Waals surface area contributed by atoms with Crippen LogP contribution in [-0.2, 0) is 0 Å². The Morgan fingerprint density at radius 3 is 2.46 bits per heavy atom. The van der Waals surface area contributed by atoms with E-state index in [1.807, 2.05) is 19.2 Å². The van der Waals surface area contributed by atoms with Crippen molar-refractivity contribution in [3.8, 4) is 17.0 Å². The molecule has 0 unspecified atom stereocenters. The van der Waals surface area contributed by atoms with Crippen molar-refractivity contribution in [1.82, 2.24) is 19.8 Å². The molecule has 1 aliphatic heterocycles. The number of ether oxygens (including phenoxy) is 1. The number of rotatable bonds is 3. The van der Waals surface area contributed by atoms with Crippen LogP contribution in [0.1, 0.15) is 10.5 Å². The molecule has 0 spiro atoms. The van der Waals surface area contributed by atoms with Gasteiger partial charge >= 0.3 is 5.69 Å². The Labute approximate surface area is 139 Å². The molecule has 0 radical (unpaired) electrons. The topological polar surface area (TPSA) is 78.5 Å². The molecule has 1 amide bonds. The predicted octanol–water partition coefficient (Wildman–Crippen LogP) is 0.833. The van der Waals surface area contributed by atoms with E-state index in [1.54, 1.807) is 30.2 Å². The third-order valence-electron chi connectivity index (χ3n) is 4.15. The summed E-state index contributed by atoms with van der Waals surface area (Å²) in [6.07, 6.45) is 0. The van der Waals surface area contributed by atoms with Crippen molar-refractivity contribution in [1.29, 1.82) is 0 Å². The van der Waals surface area contributed by atoms with E-state index in [4.69, 9.17) is 4.74 Å². The average molecular weight is 328 g/mol. The maximum atomic E-state index is 12.6. The molecule has 7 heteroatoms. The second-order valence-corrected chi connectivity index (χ2v) is 5.81. The smallest absolute Gasteiger partial charge is 0.346 e. The number of amides is 1. The number of nitrogens with one attached hydrogen (secondary N) is 1. The van der Waals surface area contributed by atoms with Gasteiger partial charge < -0.3 is 19.5 Å². The van der Waals surface area contributed by atoms with Crippen LogP contribution in [0.25, 0.3) is 11.3 Å². The lowest BCUT2D eigenvalue weighted by atomic mass is 10.1. The van der Waals surface area contributed by atoms with Crippen molar-refractivity contribution >= 4 is 5.91 Å². The van der Waals surface area contributed by atoms with Gasteiger partial charge in [-0.2, -0.15) is 4.98 Å². The Hall–Kier alpha value is -2.67. The van der Waals surface area contributed by atoms with E-state index in [9.17, 15) is 9.59 Å². The number of likely N-dealkylation sites (N-methyl/N-ethyl adjacent to an activating group) is 1. The van der Waals surface area contributed by atoms with E-state index < -0.39 is 5.69 Å². The number of methoxy groups -OCH3 is 1. The molecule has 1 aliphatic rings. The number of H-pyrrole nitrogens is 1. The zero-order chi connectivity index (χ0) is 17.1. The summed E-state index contributed by atoms with van der Waals surface area (Å²) >= 11 is 0. The largest absolute Gasteiger partial charge is 0.497 e. The van der Waals surface area contributed by atoms with E-state index in [-0.39, 0.29) is 11.6 Å². The van der Waals surface area contributed by atoms with Crippen LogP contribution in [0.4, 0.5) is 0 Å². The molecule has 24 heavy (non-hydrogen) atoms. The predicted molar refractivity (Wildman–Crippen MR) is 90.2 cm³/mol. The molecule has 7 nitrogen and oxygen atoms in total. The first kappa shape index (κ1) is 16.2. The molecule has 1 aromatic heterocycles. The van der Waals surface area contributed by atoms with Crippen molar-refractivity contribution in [2.24, 2.45) is 0 Å². The Bertz CT molecular complexity index is 777. The molecule has 1 fully saturated rings. The van der Waals surface area contributed by atoms with Crippen molar-refractivity contribution in [2.75, 3.05) is 40.3 Å². The molecular weight excluding hydrogens is 308 g/mol. The highest BCUT2D eigenvalue weighted by Gasteiger charge is 2.21. The lowest BCUT2D eigenvalue weighted by molar-refractivity contribution is 0.0657. The first-order valence-electron chi connectivity index (χ1n) is 7.80. The van der Waals surface area contributed by atoms with Gasteiger partial charge in [0.2, 0.25) is 0 Å². The standard InChI is InChI=1S/C17H20N4O3/c1-20-7-9-21(10-8-20)16(22)15-11-14(18-17(23)19-15)12-3-5-13(24-2)6-4-12/h3-6,11H,7-10H2,1-2H3,(H,18,19,23). The minimum absolute atomic E-state index is 0.169. The summed E-state index contributed by atoms with van der Waals surface area (Å²) in [6.45, 7) is 2.95. The zero-order valence-electron chi connectivity index (χ0n) is 13.8. The van der Waals surface area contributed by atoms with Crippen LogP contribution in [-0.4, -0.2) is 66.0 Å². The summed E-state index contributed by atoms with van der Waals surface area (Å²) in [6, 6.07) is 8.83. The van der Waals surface area contributed by atoms with Crippen LogP contribution in [0.2, 0.25) is 0 Å². The Morgan fingerprint density at radius 1 is 1.17 bits per heavy atom. The maximum Gasteiger partial charge on any atom is 0.346 e. The first-order chi connectivity index (χ1) is 11.6. The first-order valence-corrected chi connectivity index (χ1v) is 7.80. The molecule has 1 N–H and O–H groups in total. The molecule has 2 aromatic rings. The van der Waals surface area contributed by atoms with Gasteiger partial charge in [-0.05, 0) is 37.4 Å². The van der Waals surface area contributed by atoms with Crippen LogP contribution < -0.4 is 10.4 Å². The molecule has 0 atom stereocenters. The van der Waals surface area contributed by atoms with Gasteiger partial charge in [0.05, 0.1) is 12.8 Å². The SMILES string of the molecule is COc1ccc(-c2cc(C(=O)N3CCN(C)CC3)[nH]c(=O)n2)cc1. The van der Waals surface area contributed by atoms with Crippen molar-refractivity contribution in [2.45, 2.75) is 0 Å². The number of aromatic amines is 1. The molecule has 1 aromatic carbocycles. The van der Waals surface area contributed by atoms with Gasteiger partial charge in [0, 0.05) is 31.7 Å². The van der Waals surface area contributed by atoms with Gasteiger partial charge in [0.15, 0.2) is 0 Å². The summed E-state index contributed by atoms with van der Waals surface area (Å²) in [7, 11) is 3.62. The highest BCUT2D eigenvalue weighted by atomic mass is 16.5. The summed E-state index contributed by atoms with van der Waals surface area (Å²) < 4.78 is 5.13. The highest BCUT2D eigenvalue weighted by Crippen LogP contribution is 2.20. The van der Waals surface area contributed by atoms with Crippen LogP contribution in [0.5, 0.6) is 5.75 Å². The monoisotopic (exact) mass is 328 g/mol. The van der Waals surface area contributed by atoms with E-state index in [0.29, 0.717) is 18.8 Å². The average Bonchev–Trinajstić information content (AvgIpc) is 2.61. The molecule has 2 heterocycles. The quantitative estimate of drug-likeness (QED) is 0.903. The van der Waals surface area contributed by atoms with E-state index in [2.05, 4.69) is 14.9 Å². The molecule has 0 aliphatic carbocycles. The van der Waals surface area contributed by atoms with Gasteiger partial charge in [-0.25, -0.2) is 4.79 Å². The van der Waals surface area contributed by atoms with E-state index >= 15 is 0 Å². The number of aromatic nitrogens is 2. The number of hydrogen-bond donors (Lipinski definition) is 1. The van der Waals surface area contributed by atoms with E-state index in [1.165, 1.54) is 0 Å². The molecule has 1 saturated heterocycles. The van der Waals surface area contributed by atoms with Crippen LogP contribution in [0.3, 0.4) is 0 Å². The van der Waals surface area contributed by atoms with Crippen molar-refractivity contribution in [3.05, 3.63) is 46.5 Å². The summed E-state index contributed by atoms with van der Waals surface area (Å²) in [5.74, 6) is 0.551. The van der Waals surface area contributed by atoms with Crippen molar-refractivity contribution in [3.63, 3.8) is 0 Å². The molecular formula is C17H20N4O3. The Kier molecular flexibility index (Phi) is 4.61. The normalized spacial score (nSPS) is 15.3. The van der Waals surface area contributed by atoms with Gasteiger partial charge in [-0.15, -0.1) is 0 Å². The third kappa shape index (κ3) is 3.46. The van der Waals surface area contributed by atoms with Gasteiger partial charge in [0.1, 0.15) is 11.4 Å². The summed E-state index contributed by atoms with van der Waals surface area (Å²) in [5.41, 5.74) is 0.972. The Balaban J connectivity index is 1.88. The zero-order valence-corrected chi connectivity index (χ0v) is 13.8. The molecule has 126 valence electrons. The van der Waals surface area contributed by atoms with Gasteiger partial charge in [-0.1, -0.05) is 0 Å². The molecule has 3 rings (SSSR count).